The summed E-state index contributed by atoms with van der Waals surface area (Å²) in [6.45, 7) is 0. The minimum absolute atomic E-state index is 0.0823. The van der Waals surface area contributed by atoms with Crippen molar-refractivity contribution in [3.05, 3.63) is 118 Å². The van der Waals surface area contributed by atoms with Crippen LogP contribution in [-0.4, -0.2) is 20.1 Å². The molecule has 1 aliphatic carbocycles. The number of hydrogen-bond donors (Lipinski definition) is 2. The first-order valence-electron chi connectivity index (χ1n) is 11.2. The molecule has 8 heteroatoms. The van der Waals surface area contributed by atoms with Crippen molar-refractivity contribution in [2.45, 2.75) is 17.4 Å². The molecule has 0 fully saturated rings. The lowest BCUT2D eigenvalue weighted by molar-refractivity contribution is -0.116. The van der Waals surface area contributed by atoms with Crippen molar-refractivity contribution >= 4 is 43.3 Å². The number of sulfonamides is 1. The summed E-state index contributed by atoms with van der Waals surface area (Å²) in [5.41, 5.74) is 4.02. The molecule has 5 rings (SSSR count). The second kappa shape index (κ2) is 9.81. The van der Waals surface area contributed by atoms with Gasteiger partial charge in [0.2, 0.25) is 15.9 Å². The van der Waals surface area contributed by atoms with E-state index in [-0.39, 0.29) is 23.0 Å². The van der Waals surface area contributed by atoms with E-state index in [0.717, 1.165) is 15.6 Å². The Kier molecular flexibility index (Phi) is 6.57. The van der Waals surface area contributed by atoms with Gasteiger partial charge in [-0.25, -0.2) is 13.1 Å². The van der Waals surface area contributed by atoms with E-state index in [1.165, 1.54) is 12.1 Å². The summed E-state index contributed by atoms with van der Waals surface area (Å²) in [5.74, 6) is -0.466. The molecular weight excluding hydrogens is 540 g/mol. The highest BCUT2D eigenvalue weighted by molar-refractivity contribution is 9.10. The predicted octanol–water partition coefficient (Wildman–Crippen LogP) is 5.71. The molecule has 180 valence electrons. The van der Waals surface area contributed by atoms with E-state index >= 15 is 0 Å². The molecule has 0 aromatic heterocycles. The van der Waals surface area contributed by atoms with Gasteiger partial charge in [-0.1, -0.05) is 76.6 Å². The van der Waals surface area contributed by atoms with Crippen LogP contribution in [0.5, 0.6) is 0 Å². The topological polar surface area (TPSA) is 92.3 Å². The van der Waals surface area contributed by atoms with E-state index in [4.69, 9.17) is 0 Å². The van der Waals surface area contributed by atoms with Crippen molar-refractivity contribution < 1.29 is 18.0 Å². The molecule has 6 nitrogen and oxygen atoms in total. The summed E-state index contributed by atoms with van der Waals surface area (Å²) < 4.78 is 29.5. The van der Waals surface area contributed by atoms with Gasteiger partial charge < -0.3 is 5.32 Å². The monoisotopic (exact) mass is 560 g/mol. The lowest BCUT2D eigenvalue weighted by Gasteiger charge is -2.19. The van der Waals surface area contributed by atoms with E-state index in [0.29, 0.717) is 22.4 Å². The Morgan fingerprint density at radius 1 is 0.778 bits per heavy atom. The highest BCUT2D eigenvalue weighted by atomic mass is 79.9. The third-order valence-electron chi connectivity index (χ3n) is 6.02. The van der Waals surface area contributed by atoms with Gasteiger partial charge in [-0.2, -0.15) is 0 Å². The first kappa shape index (κ1) is 24.1. The number of nitrogens with one attached hydrogen (secondary N) is 2. The maximum absolute atomic E-state index is 13.0. The summed E-state index contributed by atoms with van der Waals surface area (Å²) in [7, 11) is -3.88. The summed E-state index contributed by atoms with van der Waals surface area (Å²) in [6.07, 6.45) is -0.134. The highest BCUT2D eigenvalue weighted by Gasteiger charge is 2.27. The molecule has 4 aromatic rings. The molecular formula is C28H21BrN2O4S. The molecule has 1 aliphatic rings. The number of hydrogen-bond acceptors (Lipinski definition) is 4. The fourth-order valence-corrected chi connectivity index (χ4v) is 5.77. The zero-order chi connectivity index (χ0) is 25.3. The molecule has 1 amide bonds. The molecule has 0 heterocycles. The van der Waals surface area contributed by atoms with E-state index in [2.05, 4.69) is 26.0 Å². The number of carbonyl (C=O) groups is 2. The minimum atomic E-state index is -3.88. The maximum atomic E-state index is 13.0. The Bertz CT molecular complexity index is 1570. The van der Waals surface area contributed by atoms with Crippen LogP contribution < -0.4 is 10.0 Å². The fraction of sp³-hybridized carbons (Fsp3) is 0.0714. The number of ketones is 1. The third-order valence-corrected chi connectivity index (χ3v) is 8.04. The van der Waals surface area contributed by atoms with E-state index in [9.17, 15) is 18.0 Å². The average Bonchev–Trinajstić information content (AvgIpc) is 3.16. The highest BCUT2D eigenvalue weighted by Crippen LogP contribution is 2.37. The molecule has 36 heavy (non-hydrogen) atoms. The lowest BCUT2D eigenvalue weighted by Crippen LogP contribution is -2.31. The van der Waals surface area contributed by atoms with Gasteiger partial charge in [0.25, 0.3) is 0 Å². The van der Waals surface area contributed by atoms with Crippen LogP contribution in [0.4, 0.5) is 5.69 Å². The Labute approximate surface area is 217 Å². The number of amides is 1. The van der Waals surface area contributed by atoms with Crippen LogP contribution in [0.3, 0.4) is 0 Å². The second-order valence-corrected chi connectivity index (χ2v) is 11.1. The largest absolute Gasteiger partial charge is 0.326 e. The fourth-order valence-electron chi connectivity index (χ4n) is 4.29. The summed E-state index contributed by atoms with van der Waals surface area (Å²) in [5, 5.41) is 2.82. The van der Waals surface area contributed by atoms with Gasteiger partial charge >= 0.3 is 0 Å². The molecule has 1 unspecified atom stereocenters. The molecule has 0 spiro atoms. The quantitative estimate of drug-likeness (QED) is 0.266. The SMILES string of the molecule is O=C(CC(NS(=O)(=O)c1ccc(Br)cc1)c1ccccc1)Nc1ccc2c(c1)C(=O)c1ccccc1-2. The zero-order valence-corrected chi connectivity index (χ0v) is 21.3. The van der Waals surface area contributed by atoms with Crippen molar-refractivity contribution in [1.29, 1.82) is 0 Å². The van der Waals surface area contributed by atoms with Crippen molar-refractivity contribution in [2.75, 3.05) is 5.32 Å². The minimum Gasteiger partial charge on any atom is -0.326 e. The van der Waals surface area contributed by atoms with Crippen molar-refractivity contribution in [3.63, 3.8) is 0 Å². The van der Waals surface area contributed by atoms with Crippen LogP contribution in [0, 0.1) is 0 Å². The smallest absolute Gasteiger partial charge is 0.241 e. The zero-order valence-electron chi connectivity index (χ0n) is 18.9. The van der Waals surface area contributed by atoms with Gasteiger partial charge in [-0.15, -0.1) is 0 Å². The second-order valence-electron chi connectivity index (χ2n) is 8.43. The Hall–Kier alpha value is -3.59. The molecule has 0 radical (unpaired) electrons. The Morgan fingerprint density at radius 3 is 2.14 bits per heavy atom. The van der Waals surface area contributed by atoms with Gasteiger partial charge in [-0.05, 0) is 53.1 Å². The van der Waals surface area contributed by atoms with Crippen LogP contribution >= 0.6 is 15.9 Å². The molecule has 0 bridgehead atoms. The summed E-state index contributed by atoms with van der Waals surface area (Å²) >= 11 is 3.31. The van der Waals surface area contributed by atoms with Crippen molar-refractivity contribution in [2.24, 2.45) is 0 Å². The first-order valence-corrected chi connectivity index (χ1v) is 13.5. The molecule has 2 N–H and O–H groups in total. The Balaban J connectivity index is 1.36. The number of fused-ring (bicyclic) bond motifs is 3. The summed E-state index contributed by atoms with van der Waals surface area (Å²) in [6, 6.07) is 27.1. The van der Waals surface area contributed by atoms with Gasteiger partial charge in [0.05, 0.1) is 10.9 Å². The number of anilines is 1. The number of halogens is 1. The maximum Gasteiger partial charge on any atom is 0.241 e. The molecule has 0 saturated carbocycles. The number of carbonyl (C=O) groups excluding carboxylic acids is 2. The van der Waals surface area contributed by atoms with Crippen molar-refractivity contribution in [3.8, 4) is 11.1 Å². The average molecular weight is 561 g/mol. The summed E-state index contributed by atoms with van der Waals surface area (Å²) in [4.78, 5) is 25.9. The van der Waals surface area contributed by atoms with Crippen LogP contribution in [0.1, 0.15) is 33.9 Å². The van der Waals surface area contributed by atoms with Gasteiger partial charge in [0.15, 0.2) is 5.78 Å². The van der Waals surface area contributed by atoms with Gasteiger partial charge in [0, 0.05) is 27.7 Å². The van der Waals surface area contributed by atoms with E-state index in [1.807, 2.05) is 30.3 Å². The molecule has 4 aromatic carbocycles. The number of rotatable bonds is 7. The molecule has 0 aliphatic heterocycles. The number of benzene rings is 4. The van der Waals surface area contributed by atoms with E-state index < -0.39 is 16.1 Å². The standard InChI is InChI=1S/C28H21BrN2O4S/c29-19-10-13-21(14-11-19)36(34,35)31-26(18-6-2-1-3-7-18)17-27(32)30-20-12-15-23-22-8-4-5-9-24(22)28(33)25(23)16-20/h1-16,26,31H,17H2,(H,30,32). The lowest BCUT2D eigenvalue weighted by atomic mass is 10.0. The van der Waals surface area contributed by atoms with Crippen LogP contribution in [0.2, 0.25) is 0 Å². The molecule has 1 atom stereocenters. The van der Waals surface area contributed by atoms with Crippen LogP contribution in [-0.2, 0) is 14.8 Å². The van der Waals surface area contributed by atoms with Crippen LogP contribution in [0.25, 0.3) is 11.1 Å². The van der Waals surface area contributed by atoms with Gasteiger partial charge in [0.1, 0.15) is 0 Å². The predicted molar refractivity (Wildman–Crippen MR) is 142 cm³/mol. The van der Waals surface area contributed by atoms with Crippen molar-refractivity contribution in [1.82, 2.24) is 4.72 Å². The first-order chi connectivity index (χ1) is 17.3. The Morgan fingerprint density at radius 2 is 1.42 bits per heavy atom. The molecule has 0 saturated heterocycles. The normalized spacial score (nSPS) is 13.1. The third kappa shape index (κ3) is 4.88. The van der Waals surface area contributed by atoms with Crippen LogP contribution in [0.15, 0.2) is 106 Å². The van der Waals surface area contributed by atoms with E-state index in [1.54, 1.807) is 54.6 Å². The van der Waals surface area contributed by atoms with Gasteiger partial charge in [-0.3, -0.25) is 9.59 Å².